The summed E-state index contributed by atoms with van der Waals surface area (Å²) in [6.07, 6.45) is 6.43. The number of nitrogens with one attached hydrogen (secondary N) is 1. The van der Waals surface area contributed by atoms with Crippen molar-refractivity contribution in [2.45, 2.75) is 25.1 Å². The number of benzene rings is 1. The normalized spacial score (nSPS) is 21.5. The molecule has 6 heteroatoms. The molecule has 0 bridgehead atoms. The van der Waals surface area contributed by atoms with E-state index in [-0.39, 0.29) is 0 Å². The third kappa shape index (κ3) is 3.17. The van der Waals surface area contributed by atoms with Crippen LogP contribution in [0.3, 0.4) is 0 Å². The maximum atomic E-state index is 10.1. The van der Waals surface area contributed by atoms with Crippen LogP contribution in [0.2, 0.25) is 0 Å². The van der Waals surface area contributed by atoms with Gasteiger partial charge in [0.15, 0.2) is 5.82 Å². The molecule has 2 heterocycles. The first kappa shape index (κ1) is 14.3. The fourth-order valence-electron chi connectivity index (χ4n) is 2.39. The van der Waals surface area contributed by atoms with E-state index in [1.807, 2.05) is 43.3 Å². The molecule has 0 saturated heterocycles. The second-order valence-corrected chi connectivity index (χ2v) is 5.32. The highest BCUT2D eigenvalue weighted by molar-refractivity contribution is 5.82. The zero-order chi connectivity index (χ0) is 15.4. The molecule has 1 aliphatic rings. The van der Waals surface area contributed by atoms with Crippen molar-refractivity contribution in [2.75, 3.05) is 5.32 Å². The third-order valence-corrected chi connectivity index (χ3v) is 3.45. The van der Waals surface area contributed by atoms with Gasteiger partial charge in [-0.3, -0.25) is 4.99 Å². The monoisotopic (exact) mass is 295 g/mol. The standard InChI is InChI=1S/C16H17N5O/c1-16(15-18-10-17-11-19-15)8-12(9-20-16)7-14(22)21-13-5-3-2-4-6-13/h2-6,8-11,14,21-22H,7H2,1H3. The van der Waals surface area contributed by atoms with Crippen molar-refractivity contribution in [2.24, 2.45) is 4.99 Å². The average molecular weight is 295 g/mol. The summed E-state index contributed by atoms with van der Waals surface area (Å²) in [6.45, 7) is 1.93. The van der Waals surface area contributed by atoms with Crippen molar-refractivity contribution < 1.29 is 5.11 Å². The van der Waals surface area contributed by atoms with Gasteiger partial charge in [-0.15, -0.1) is 0 Å². The summed E-state index contributed by atoms with van der Waals surface area (Å²) in [4.78, 5) is 16.6. The Labute approximate surface area is 128 Å². The molecule has 3 rings (SSSR count). The maximum Gasteiger partial charge on any atom is 0.163 e. The quantitative estimate of drug-likeness (QED) is 0.823. The Morgan fingerprint density at radius 2 is 1.91 bits per heavy atom. The molecule has 0 saturated carbocycles. The predicted octanol–water partition coefficient (Wildman–Crippen LogP) is 1.92. The molecular weight excluding hydrogens is 278 g/mol. The van der Waals surface area contributed by atoms with Crippen LogP contribution in [0.5, 0.6) is 0 Å². The number of hydrogen-bond donors (Lipinski definition) is 2. The SMILES string of the molecule is CC1(c2ncncn2)C=C(CC(O)Nc2ccccc2)C=N1. The first-order chi connectivity index (χ1) is 10.7. The van der Waals surface area contributed by atoms with Crippen LogP contribution in [-0.2, 0) is 5.54 Å². The van der Waals surface area contributed by atoms with Gasteiger partial charge in [0, 0.05) is 18.3 Å². The van der Waals surface area contributed by atoms with Gasteiger partial charge in [-0.25, -0.2) is 15.0 Å². The number of para-hydroxylation sites is 1. The fraction of sp³-hybridized carbons (Fsp3) is 0.250. The Morgan fingerprint density at radius 1 is 1.18 bits per heavy atom. The lowest BCUT2D eigenvalue weighted by atomic mass is 10.0. The molecule has 0 radical (unpaired) electrons. The van der Waals surface area contributed by atoms with Gasteiger partial charge in [0.2, 0.25) is 0 Å². The zero-order valence-corrected chi connectivity index (χ0v) is 12.2. The number of hydrogen-bond acceptors (Lipinski definition) is 6. The summed E-state index contributed by atoms with van der Waals surface area (Å²) in [6, 6.07) is 9.60. The predicted molar refractivity (Wildman–Crippen MR) is 84.4 cm³/mol. The third-order valence-electron chi connectivity index (χ3n) is 3.45. The molecule has 1 aliphatic heterocycles. The summed E-state index contributed by atoms with van der Waals surface area (Å²) in [5.41, 5.74) is 1.23. The minimum atomic E-state index is -0.680. The Bertz CT molecular complexity index is 686. The van der Waals surface area contributed by atoms with Gasteiger partial charge in [-0.2, -0.15) is 0 Å². The lowest BCUT2D eigenvalue weighted by Crippen LogP contribution is -2.20. The van der Waals surface area contributed by atoms with Crippen LogP contribution >= 0.6 is 0 Å². The minimum Gasteiger partial charge on any atom is -0.373 e. The van der Waals surface area contributed by atoms with Crippen LogP contribution in [0.15, 0.2) is 59.6 Å². The molecule has 2 N–H and O–H groups in total. The minimum absolute atomic E-state index is 0.457. The van der Waals surface area contributed by atoms with Gasteiger partial charge in [-0.05, 0) is 30.7 Å². The molecule has 0 amide bonds. The second kappa shape index (κ2) is 6.03. The topological polar surface area (TPSA) is 83.3 Å². The number of aromatic nitrogens is 3. The highest BCUT2D eigenvalue weighted by Crippen LogP contribution is 2.30. The van der Waals surface area contributed by atoms with Gasteiger partial charge in [-0.1, -0.05) is 18.2 Å². The lowest BCUT2D eigenvalue weighted by molar-refractivity contribution is 0.205. The summed E-state index contributed by atoms with van der Waals surface area (Å²) in [5, 5.41) is 13.2. The van der Waals surface area contributed by atoms with Crippen LogP contribution in [0, 0.1) is 0 Å². The summed E-state index contributed by atoms with van der Waals surface area (Å²) < 4.78 is 0. The Balaban J connectivity index is 1.67. The van der Waals surface area contributed by atoms with Crippen molar-refractivity contribution >= 4 is 11.9 Å². The molecular formula is C16H17N5O. The lowest BCUT2D eigenvalue weighted by Gasteiger charge is -2.16. The van der Waals surface area contributed by atoms with Crippen molar-refractivity contribution in [1.29, 1.82) is 0 Å². The highest BCUT2D eigenvalue weighted by atomic mass is 16.3. The van der Waals surface area contributed by atoms with E-state index in [1.54, 1.807) is 6.21 Å². The molecule has 0 spiro atoms. The summed E-state index contributed by atoms with van der Waals surface area (Å²) in [5.74, 6) is 0.597. The van der Waals surface area contributed by atoms with E-state index in [0.29, 0.717) is 12.2 Å². The fourth-order valence-corrected chi connectivity index (χ4v) is 2.39. The van der Waals surface area contributed by atoms with Crippen molar-refractivity contribution in [3.05, 3.63) is 60.5 Å². The van der Waals surface area contributed by atoms with E-state index in [1.165, 1.54) is 12.7 Å². The molecule has 1 aromatic carbocycles. The molecule has 0 aliphatic carbocycles. The van der Waals surface area contributed by atoms with E-state index < -0.39 is 11.8 Å². The largest absolute Gasteiger partial charge is 0.373 e. The number of rotatable bonds is 5. The van der Waals surface area contributed by atoms with E-state index in [2.05, 4.69) is 25.3 Å². The van der Waals surface area contributed by atoms with Gasteiger partial charge < -0.3 is 10.4 Å². The molecule has 0 fully saturated rings. The molecule has 22 heavy (non-hydrogen) atoms. The molecule has 1 aromatic heterocycles. The van der Waals surface area contributed by atoms with Gasteiger partial charge >= 0.3 is 0 Å². The van der Waals surface area contributed by atoms with E-state index in [4.69, 9.17) is 0 Å². The van der Waals surface area contributed by atoms with Crippen molar-refractivity contribution in [1.82, 2.24) is 15.0 Å². The smallest absolute Gasteiger partial charge is 0.163 e. The summed E-state index contributed by atoms with van der Waals surface area (Å²) >= 11 is 0. The van der Waals surface area contributed by atoms with E-state index >= 15 is 0 Å². The van der Waals surface area contributed by atoms with Gasteiger partial charge in [0.05, 0.1) is 0 Å². The molecule has 2 atom stereocenters. The van der Waals surface area contributed by atoms with Gasteiger partial charge in [0.25, 0.3) is 0 Å². The van der Waals surface area contributed by atoms with Crippen LogP contribution in [-0.4, -0.2) is 32.5 Å². The Kier molecular flexibility index (Phi) is 3.93. The van der Waals surface area contributed by atoms with E-state index in [9.17, 15) is 5.11 Å². The first-order valence-electron chi connectivity index (χ1n) is 7.05. The maximum absolute atomic E-state index is 10.1. The van der Waals surface area contributed by atoms with Crippen molar-refractivity contribution in [3.8, 4) is 0 Å². The average Bonchev–Trinajstić information content (AvgIpc) is 2.91. The Morgan fingerprint density at radius 3 is 2.64 bits per heavy atom. The number of anilines is 1. The number of aliphatic hydroxyl groups excluding tert-OH is 1. The number of nitrogens with zero attached hydrogens (tertiary/aromatic N) is 4. The molecule has 2 unspecified atom stereocenters. The van der Waals surface area contributed by atoms with Crippen molar-refractivity contribution in [3.63, 3.8) is 0 Å². The molecule has 6 nitrogen and oxygen atoms in total. The van der Waals surface area contributed by atoms with Crippen LogP contribution in [0.4, 0.5) is 5.69 Å². The van der Waals surface area contributed by atoms with E-state index in [0.717, 1.165) is 11.3 Å². The molecule has 2 aromatic rings. The van der Waals surface area contributed by atoms with Crippen LogP contribution in [0.1, 0.15) is 19.2 Å². The van der Waals surface area contributed by atoms with Gasteiger partial charge in [0.1, 0.15) is 24.4 Å². The number of aliphatic imine (C=N–C) groups is 1. The Hall–Kier alpha value is -2.60. The first-order valence-corrected chi connectivity index (χ1v) is 7.05. The zero-order valence-electron chi connectivity index (χ0n) is 12.2. The van der Waals surface area contributed by atoms with Crippen LogP contribution < -0.4 is 5.32 Å². The molecule has 112 valence electrons. The summed E-state index contributed by atoms with van der Waals surface area (Å²) in [7, 11) is 0. The number of aliphatic hydroxyl groups is 1. The second-order valence-electron chi connectivity index (χ2n) is 5.32. The highest BCUT2D eigenvalue weighted by Gasteiger charge is 2.30. The van der Waals surface area contributed by atoms with Crippen LogP contribution in [0.25, 0.3) is 0 Å².